The van der Waals surface area contributed by atoms with Crippen LogP contribution in [0.25, 0.3) is 0 Å². The highest BCUT2D eigenvalue weighted by atomic mass is 16.6. The standard InChI is InChI=1S/C24H26N2O5/c1-2-30-25-17(11-12-18-24-19(27)9-6-10-22(24)31-26-18)23-20(28)13-16(14-21(23)29)15-7-4-3-5-8-15/h3-5,7-8,16,28H,2,6,9-14H2,1H3. The lowest BCUT2D eigenvalue weighted by Crippen LogP contribution is -2.24. The molecule has 7 heteroatoms. The summed E-state index contributed by atoms with van der Waals surface area (Å²) in [6.45, 7) is 2.15. The molecule has 0 spiro atoms. The van der Waals surface area contributed by atoms with Gasteiger partial charge in [-0.3, -0.25) is 9.59 Å². The number of aliphatic hydroxyl groups is 1. The van der Waals surface area contributed by atoms with Crippen LogP contribution in [0.15, 0.2) is 51.3 Å². The Labute approximate surface area is 180 Å². The van der Waals surface area contributed by atoms with Crippen LogP contribution in [0.1, 0.15) is 72.3 Å². The summed E-state index contributed by atoms with van der Waals surface area (Å²) in [5.74, 6) is 0.487. The fourth-order valence-electron chi connectivity index (χ4n) is 4.33. The summed E-state index contributed by atoms with van der Waals surface area (Å²) in [6, 6.07) is 9.72. The number of oxime groups is 1. The average molecular weight is 422 g/mol. The number of rotatable bonds is 7. The first-order valence-corrected chi connectivity index (χ1v) is 10.8. The average Bonchev–Trinajstić information content (AvgIpc) is 3.19. The summed E-state index contributed by atoms with van der Waals surface area (Å²) < 4.78 is 5.35. The van der Waals surface area contributed by atoms with Gasteiger partial charge in [-0.15, -0.1) is 0 Å². The maximum absolute atomic E-state index is 13.0. The molecule has 162 valence electrons. The highest BCUT2D eigenvalue weighted by molar-refractivity contribution is 6.23. The van der Waals surface area contributed by atoms with Crippen LogP contribution in [0.5, 0.6) is 0 Å². The topological polar surface area (TPSA) is 102 Å². The molecular weight excluding hydrogens is 396 g/mol. The molecule has 0 amide bonds. The Balaban J connectivity index is 1.56. The summed E-state index contributed by atoms with van der Waals surface area (Å²) in [5, 5.41) is 19.0. The summed E-state index contributed by atoms with van der Waals surface area (Å²) in [7, 11) is 0. The Morgan fingerprint density at radius 3 is 2.74 bits per heavy atom. The zero-order valence-electron chi connectivity index (χ0n) is 17.6. The number of aromatic nitrogens is 1. The molecule has 0 radical (unpaired) electrons. The molecule has 1 heterocycles. The Morgan fingerprint density at radius 1 is 1.19 bits per heavy atom. The minimum atomic E-state index is -0.158. The number of hydrogen-bond donors (Lipinski definition) is 1. The summed E-state index contributed by atoms with van der Waals surface area (Å²) in [6.07, 6.45) is 3.33. The molecule has 0 bridgehead atoms. The van der Waals surface area contributed by atoms with Gasteiger partial charge < -0.3 is 14.5 Å². The van der Waals surface area contributed by atoms with Gasteiger partial charge in [-0.2, -0.15) is 0 Å². The predicted octanol–water partition coefficient (Wildman–Crippen LogP) is 4.48. The SMILES string of the molecule is CCON=C(CCc1noc2c1C(=O)CCC2)C1=C(O)CC(c2ccccc2)CC1=O. The monoisotopic (exact) mass is 422 g/mol. The van der Waals surface area contributed by atoms with Crippen LogP contribution >= 0.6 is 0 Å². The molecule has 31 heavy (non-hydrogen) atoms. The van der Waals surface area contributed by atoms with Crippen LogP contribution in [0.2, 0.25) is 0 Å². The first kappa shape index (κ1) is 21.0. The molecule has 0 saturated carbocycles. The lowest BCUT2D eigenvalue weighted by molar-refractivity contribution is -0.116. The number of Topliss-reactive ketones (excluding diaryl/α,β-unsaturated/α-hetero) is 2. The van der Waals surface area contributed by atoms with E-state index in [2.05, 4.69) is 10.3 Å². The van der Waals surface area contributed by atoms with Crippen molar-refractivity contribution in [3.8, 4) is 0 Å². The fourth-order valence-corrected chi connectivity index (χ4v) is 4.33. The number of carbonyl (C=O) groups excluding carboxylic acids is 2. The van der Waals surface area contributed by atoms with E-state index in [1.165, 1.54) is 0 Å². The molecule has 1 aromatic heterocycles. The summed E-state index contributed by atoms with van der Waals surface area (Å²) in [5.41, 5.74) is 2.78. The lowest BCUT2D eigenvalue weighted by atomic mass is 9.80. The van der Waals surface area contributed by atoms with Gasteiger partial charge in [0, 0.05) is 25.7 Å². The molecule has 2 aliphatic carbocycles. The number of nitrogens with zero attached hydrogens (tertiary/aromatic N) is 2. The third-order valence-electron chi connectivity index (χ3n) is 5.82. The van der Waals surface area contributed by atoms with Crippen molar-refractivity contribution < 1.29 is 24.1 Å². The molecule has 2 aromatic rings. The second kappa shape index (κ2) is 9.29. The highest BCUT2D eigenvalue weighted by Gasteiger charge is 2.32. The van der Waals surface area contributed by atoms with Crippen molar-refractivity contribution in [3.05, 3.63) is 64.2 Å². The van der Waals surface area contributed by atoms with Crippen molar-refractivity contribution in [2.45, 2.75) is 57.8 Å². The number of fused-ring (bicyclic) bond motifs is 1. The first-order chi connectivity index (χ1) is 15.1. The largest absolute Gasteiger partial charge is 0.511 e. The minimum Gasteiger partial charge on any atom is -0.511 e. The van der Waals surface area contributed by atoms with E-state index in [9.17, 15) is 14.7 Å². The number of aryl methyl sites for hydroxylation is 2. The fraction of sp³-hybridized carbons (Fsp3) is 0.417. The third kappa shape index (κ3) is 4.45. The second-order valence-electron chi connectivity index (χ2n) is 7.92. The van der Waals surface area contributed by atoms with Gasteiger partial charge in [0.05, 0.1) is 22.5 Å². The maximum Gasteiger partial charge on any atom is 0.168 e. The number of ketones is 2. The van der Waals surface area contributed by atoms with E-state index in [1.807, 2.05) is 30.3 Å². The molecule has 1 atom stereocenters. The van der Waals surface area contributed by atoms with Crippen molar-refractivity contribution in [3.63, 3.8) is 0 Å². The quantitative estimate of drug-likeness (QED) is 0.521. The van der Waals surface area contributed by atoms with Gasteiger partial charge in [-0.25, -0.2) is 0 Å². The minimum absolute atomic E-state index is 0.0295. The molecule has 7 nitrogen and oxygen atoms in total. The molecule has 0 saturated heterocycles. The number of carbonyl (C=O) groups is 2. The molecule has 1 N–H and O–H groups in total. The van der Waals surface area contributed by atoms with E-state index in [0.29, 0.717) is 67.9 Å². The van der Waals surface area contributed by atoms with Crippen molar-refractivity contribution in [1.29, 1.82) is 0 Å². The van der Waals surface area contributed by atoms with Crippen LogP contribution in [-0.2, 0) is 22.5 Å². The van der Waals surface area contributed by atoms with Crippen LogP contribution in [0.3, 0.4) is 0 Å². The number of benzene rings is 1. The Hall–Kier alpha value is -3.22. The zero-order chi connectivity index (χ0) is 21.8. The van der Waals surface area contributed by atoms with Gasteiger partial charge in [0.15, 0.2) is 11.6 Å². The lowest BCUT2D eigenvalue weighted by Gasteiger charge is -2.24. The summed E-state index contributed by atoms with van der Waals surface area (Å²) in [4.78, 5) is 30.5. The predicted molar refractivity (Wildman–Crippen MR) is 114 cm³/mol. The molecule has 4 rings (SSSR count). The number of hydrogen-bond acceptors (Lipinski definition) is 7. The first-order valence-electron chi connectivity index (χ1n) is 10.8. The Morgan fingerprint density at radius 2 is 2.00 bits per heavy atom. The van der Waals surface area contributed by atoms with Gasteiger partial charge in [0.2, 0.25) is 0 Å². The summed E-state index contributed by atoms with van der Waals surface area (Å²) >= 11 is 0. The van der Waals surface area contributed by atoms with E-state index in [4.69, 9.17) is 9.36 Å². The maximum atomic E-state index is 13.0. The van der Waals surface area contributed by atoms with Gasteiger partial charge in [0.25, 0.3) is 0 Å². The van der Waals surface area contributed by atoms with E-state index >= 15 is 0 Å². The molecule has 2 aliphatic rings. The number of aliphatic hydroxyl groups excluding tert-OH is 1. The third-order valence-corrected chi connectivity index (χ3v) is 5.82. The van der Waals surface area contributed by atoms with Gasteiger partial charge >= 0.3 is 0 Å². The van der Waals surface area contributed by atoms with E-state index in [0.717, 1.165) is 12.0 Å². The van der Waals surface area contributed by atoms with Crippen molar-refractivity contribution in [2.75, 3.05) is 6.61 Å². The highest BCUT2D eigenvalue weighted by Crippen LogP contribution is 2.35. The number of allylic oxidation sites excluding steroid dienone is 2. The van der Waals surface area contributed by atoms with Crippen molar-refractivity contribution >= 4 is 17.3 Å². The van der Waals surface area contributed by atoms with Crippen LogP contribution in [-0.4, -0.2) is 34.1 Å². The molecule has 0 fully saturated rings. The molecular formula is C24H26N2O5. The van der Waals surface area contributed by atoms with Crippen LogP contribution < -0.4 is 0 Å². The van der Waals surface area contributed by atoms with Gasteiger partial charge in [0.1, 0.15) is 18.1 Å². The van der Waals surface area contributed by atoms with E-state index in [-0.39, 0.29) is 28.8 Å². The van der Waals surface area contributed by atoms with Crippen molar-refractivity contribution in [1.82, 2.24) is 5.16 Å². The van der Waals surface area contributed by atoms with Crippen LogP contribution in [0.4, 0.5) is 0 Å². The van der Waals surface area contributed by atoms with E-state index in [1.54, 1.807) is 6.92 Å². The molecule has 0 aliphatic heterocycles. The molecule has 1 aromatic carbocycles. The second-order valence-corrected chi connectivity index (χ2v) is 7.92. The Kier molecular flexibility index (Phi) is 6.30. The Bertz CT molecular complexity index is 1040. The van der Waals surface area contributed by atoms with Crippen molar-refractivity contribution in [2.24, 2.45) is 5.16 Å². The van der Waals surface area contributed by atoms with Gasteiger partial charge in [-0.1, -0.05) is 40.6 Å². The molecule has 1 unspecified atom stereocenters. The smallest absolute Gasteiger partial charge is 0.168 e. The van der Waals surface area contributed by atoms with Gasteiger partial charge in [-0.05, 0) is 37.7 Å². The van der Waals surface area contributed by atoms with Crippen LogP contribution in [0, 0.1) is 0 Å². The van der Waals surface area contributed by atoms with E-state index < -0.39 is 0 Å². The zero-order valence-corrected chi connectivity index (χ0v) is 17.6. The normalized spacial score (nSPS) is 19.5.